The van der Waals surface area contributed by atoms with E-state index < -0.39 is 0 Å². The first-order chi connectivity index (χ1) is 12.5. The Bertz CT molecular complexity index is 1060. The molecule has 1 aromatic carbocycles. The van der Waals surface area contributed by atoms with Crippen molar-refractivity contribution in [1.82, 2.24) is 9.38 Å². The monoisotopic (exact) mass is 368 g/mol. The van der Waals surface area contributed by atoms with E-state index in [1.165, 1.54) is 40.0 Å². The molecule has 3 aromatic rings. The summed E-state index contributed by atoms with van der Waals surface area (Å²) in [5, 5.41) is 8.73. The maximum Gasteiger partial charge on any atom is 0.259 e. The average molecular weight is 368 g/mol. The van der Waals surface area contributed by atoms with Gasteiger partial charge in [-0.1, -0.05) is 0 Å². The molecule has 0 amide bonds. The highest BCUT2D eigenvalue weighted by molar-refractivity contribution is 7.17. The van der Waals surface area contributed by atoms with Crippen LogP contribution in [-0.2, 0) is 6.54 Å². The van der Waals surface area contributed by atoms with Crippen molar-refractivity contribution >= 4 is 28.1 Å². The van der Waals surface area contributed by atoms with Crippen molar-refractivity contribution in [2.45, 2.75) is 20.4 Å². The molecule has 2 aromatic heterocycles. The van der Waals surface area contributed by atoms with E-state index in [0.29, 0.717) is 29.4 Å². The number of halogens is 1. The summed E-state index contributed by atoms with van der Waals surface area (Å²) < 4.78 is 14.7. The summed E-state index contributed by atoms with van der Waals surface area (Å²) in [6.07, 6.45) is 2.97. The molecule has 0 bridgehead atoms. The lowest BCUT2D eigenvalue weighted by Crippen LogP contribution is -2.24. The van der Waals surface area contributed by atoms with Gasteiger partial charge in [0.1, 0.15) is 5.82 Å². The lowest BCUT2D eigenvalue weighted by molar-refractivity contribution is 0.627. The number of rotatable bonds is 5. The van der Waals surface area contributed by atoms with Crippen LogP contribution in [0.2, 0.25) is 0 Å². The van der Waals surface area contributed by atoms with Gasteiger partial charge >= 0.3 is 0 Å². The standard InChI is InChI=1S/C19H17FN4OS/c1-3-23(16-8-6-14(20)7-9-16)12-15-11-18(25)24-17(5-4-10-21)13(2)26-19(24)22-15/h4-9,11H,3,12H2,1-2H3. The topological polar surface area (TPSA) is 61.4 Å². The van der Waals surface area contributed by atoms with Gasteiger partial charge < -0.3 is 4.90 Å². The van der Waals surface area contributed by atoms with Crippen molar-refractivity contribution in [1.29, 1.82) is 5.26 Å². The molecule has 0 spiro atoms. The molecule has 0 radical (unpaired) electrons. The van der Waals surface area contributed by atoms with Crippen LogP contribution >= 0.6 is 11.3 Å². The first-order valence-electron chi connectivity index (χ1n) is 8.12. The van der Waals surface area contributed by atoms with E-state index in [2.05, 4.69) is 4.98 Å². The van der Waals surface area contributed by atoms with Crippen molar-refractivity contribution in [2.24, 2.45) is 0 Å². The molecule has 5 nitrogen and oxygen atoms in total. The molecule has 0 atom stereocenters. The Kier molecular flexibility index (Phi) is 5.14. The van der Waals surface area contributed by atoms with E-state index in [1.54, 1.807) is 18.2 Å². The van der Waals surface area contributed by atoms with Gasteiger partial charge in [0.05, 0.1) is 24.0 Å². The first-order valence-corrected chi connectivity index (χ1v) is 8.94. The number of nitrogens with zero attached hydrogens (tertiary/aromatic N) is 4. The van der Waals surface area contributed by atoms with E-state index in [4.69, 9.17) is 5.26 Å². The van der Waals surface area contributed by atoms with Gasteiger partial charge in [-0.15, -0.1) is 11.3 Å². The second kappa shape index (κ2) is 7.50. The van der Waals surface area contributed by atoms with E-state index >= 15 is 0 Å². The molecule has 0 saturated carbocycles. The molecule has 0 fully saturated rings. The highest BCUT2D eigenvalue weighted by Gasteiger charge is 2.13. The van der Waals surface area contributed by atoms with Crippen molar-refractivity contribution in [2.75, 3.05) is 11.4 Å². The number of thiazole rings is 1. The Morgan fingerprint density at radius 3 is 2.77 bits per heavy atom. The van der Waals surface area contributed by atoms with Gasteiger partial charge in [-0.05, 0) is 44.2 Å². The zero-order valence-electron chi connectivity index (χ0n) is 14.4. The largest absolute Gasteiger partial charge is 0.366 e. The van der Waals surface area contributed by atoms with Crippen LogP contribution in [-0.4, -0.2) is 15.9 Å². The van der Waals surface area contributed by atoms with Crippen molar-refractivity contribution in [3.05, 3.63) is 68.8 Å². The number of benzene rings is 1. The van der Waals surface area contributed by atoms with Crippen LogP contribution in [0, 0.1) is 24.1 Å². The molecule has 26 heavy (non-hydrogen) atoms. The Balaban J connectivity index is 1.98. The number of hydrogen-bond acceptors (Lipinski definition) is 5. The van der Waals surface area contributed by atoms with Crippen LogP contribution in [0.15, 0.2) is 41.2 Å². The van der Waals surface area contributed by atoms with E-state index in [-0.39, 0.29) is 11.4 Å². The van der Waals surface area contributed by atoms with Crippen molar-refractivity contribution < 1.29 is 4.39 Å². The van der Waals surface area contributed by atoms with Crippen molar-refractivity contribution in [3.8, 4) is 6.07 Å². The van der Waals surface area contributed by atoms with Crippen molar-refractivity contribution in [3.63, 3.8) is 0 Å². The number of fused-ring (bicyclic) bond motifs is 1. The molecule has 0 aliphatic rings. The number of hydrogen-bond donors (Lipinski definition) is 0. The lowest BCUT2D eigenvalue weighted by Gasteiger charge is -2.22. The minimum Gasteiger partial charge on any atom is -0.366 e. The third-order valence-electron chi connectivity index (χ3n) is 4.03. The van der Waals surface area contributed by atoms with Gasteiger partial charge in [0.15, 0.2) is 4.96 Å². The maximum atomic E-state index is 13.1. The minimum absolute atomic E-state index is 0.179. The zero-order valence-corrected chi connectivity index (χ0v) is 15.3. The number of aryl methyl sites for hydroxylation is 1. The number of aromatic nitrogens is 2. The van der Waals surface area contributed by atoms with Crippen LogP contribution in [0.1, 0.15) is 23.2 Å². The Labute approximate surface area is 154 Å². The summed E-state index contributed by atoms with van der Waals surface area (Å²) in [6, 6.07) is 9.71. The second-order valence-electron chi connectivity index (χ2n) is 5.70. The van der Waals surface area contributed by atoms with Gasteiger partial charge in [0, 0.05) is 29.3 Å². The van der Waals surface area contributed by atoms with Gasteiger partial charge in [-0.25, -0.2) is 9.37 Å². The molecule has 2 heterocycles. The Morgan fingerprint density at radius 2 is 2.12 bits per heavy atom. The summed E-state index contributed by atoms with van der Waals surface area (Å²) in [7, 11) is 0. The fourth-order valence-corrected chi connectivity index (χ4v) is 3.75. The van der Waals surface area contributed by atoms with Crippen LogP contribution in [0.3, 0.4) is 0 Å². The minimum atomic E-state index is -0.283. The summed E-state index contributed by atoms with van der Waals surface area (Å²) in [4.78, 5) is 20.7. The van der Waals surface area contributed by atoms with E-state index in [1.807, 2.05) is 24.8 Å². The number of anilines is 1. The normalized spacial score (nSPS) is 11.2. The predicted molar refractivity (Wildman–Crippen MR) is 102 cm³/mol. The fourth-order valence-electron chi connectivity index (χ4n) is 2.77. The lowest BCUT2D eigenvalue weighted by atomic mass is 10.2. The molecule has 3 rings (SSSR count). The van der Waals surface area contributed by atoms with E-state index in [0.717, 1.165) is 10.6 Å². The predicted octanol–water partition coefficient (Wildman–Crippen LogP) is 3.77. The summed E-state index contributed by atoms with van der Waals surface area (Å²) in [5.74, 6) is -0.283. The molecule has 0 unspecified atom stereocenters. The summed E-state index contributed by atoms with van der Waals surface area (Å²) in [6.45, 7) is 5.04. The van der Waals surface area contributed by atoms with Crippen LogP contribution < -0.4 is 10.5 Å². The van der Waals surface area contributed by atoms with Crippen LogP contribution in [0.4, 0.5) is 10.1 Å². The Morgan fingerprint density at radius 1 is 1.38 bits per heavy atom. The first kappa shape index (κ1) is 17.8. The molecular formula is C19H17FN4OS. The fraction of sp³-hybridized carbons (Fsp3) is 0.211. The molecule has 0 saturated heterocycles. The van der Waals surface area contributed by atoms with Gasteiger partial charge in [-0.2, -0.15) is 5.26 Å². The summed E-state index contributed by atoms with van der Waals surface area (Å²) >= 11 is 1.41. The van der Waals surface area contributed by atoms with Gasteiger partial charge in [-0.3, -0.25) is 9.20 Å². The molecule has 132 valence electrons. The van der Waals surface area contributed by atoms with Crippen LogP contribution in [0.5, 0.6) is 0 Å². The number of allylic oxidation sites excluding steroid dienone is 1. The molecule has 7 heteroatoms. The SMILES string of the molecule is CCN(Cc1cc(=O)n2c(C=CC#N)c(C)sc2n1)c1ccc(F)cc1. The highest BCUT2D eigenvalue weighted by atomic mass is 32.1. The Hall–Kier alpha value is -2.98. The smallest absolute Gasteiger partial charge is 0.259 e. The third-order valence-corrected chi connectivity index (χ3v) is 5.00. The summed E-state index contributed by atoms with van der Waals surface area (Å²) in [5.41, 5.74) is 2.03. The second-order valence-corrected chi connectivity index (χ2v) is 6.88. The molecule has 0 N–H and O–H groups in total. The van der Waals surface area contributed by atoms with Crippen LogP contribution in [0.25, 0.3) is 11.0 Å². The zero-order chi connectivity index (χ0) is 18.7. The molecular weight excluding hydrogens is 351 g/mol. The maximum absolute atomic E-state index is 13.1. The number of nitriles is 1. The molecule has 0 aliphatic carbocycles. The highest BCUT2D eigenvalue weighted by Crippen LogP contribution is 2.22. The molecule has 0 aliphatic heterocycles. The quantitative estimate of drug-likeness (QED) is 0.643. The van der Waals surface area contributed by atoms with Gasteiger partial charge in [0.2, 0.25) is 0 Å². The average Bonchev–Trinajstić information content (AvgIpc) is 2.94. The van der Waals surface area contributed by atoms with E-state index in [9.17, 15) is 9.18 Å². The van der Waals surface area contributed by atoms with Gasteiger partial charge in [0.25, 0.3) is 5.56 Å². The third kappa shape index (κ3) is 3.51.